The highest BCUT2D eigenvalue weighted by molar-refractivity contribution is 9.10. The van der Waals surface area contributed by atoms with E-state index in [1.165, 1.54) is 19.2 Å². The highest BCUT2D eigenvalue weighted by atomic mass is 79.9. The number of rotatable bonds is 4. The molecule has 0 saturated carbocycles. The maximum Gasteiger partial charge on any atom is 0.248 e. The van der Waals surface area contributed by atoms with Gasteiger partial charge in [0.05, 0.1) is 12.2 Å². The molecule has 2 aromatic rings. The molecule has 0 spiro atoms. The Labute approximate surface area is 124 Å². The summed E-state index contributed by atoms with van der Waals surface area (Å²) in [6, 6.07) is 7.02. The van der Waals surface area contributed by atoms with Crippen LogP contribution < -0.4 is 5.73 Å². The van der Waals surface area contributed by atoms with Gasteiger partial charge in [0.1, 0.15) is 16.5 Å². The van der Waals surface area contributed by atoms with Crippen molar-refractivity contribution in [3.8, 4) is 0 Å². The van der Waals surface area contributed by atoms with Crippen LogP contribution in [0.3, 0.4) is 0 Å². The Morgan fingerprint density at radius 1 is 1.35 bits per heavy atom. The second kappa shape index (κ2) is 5.55. The second-order valence-corrected chi connectivity index (χ2v) is 6.89. The lowest BCUT2D eigenvalue weighted by molar-refractivity contribution is 0.397. The third-order valence-corrected chi connectivity index (χ3v) is 5.00. The summed E-state index contributed by atoms with van der Waals surface area (Å²) in [5.41, 5.74) is 5.44. The average Bonchev–Trinajstić information content (AvgIpc) is 2.74. The van der Waals surface area contributed by atoms with E-state index in [1.807, 2.05) is 0 Å². The predicted octanol–water partition coefficient (Wildman–Crippen LogP) is 2.58. The third kappa shape index (κ3) is 2.87. The minimum absolute atomic E-state index is 0.0261. The van der Waals surface area contributed by atoms with Gasteiger partial charge in [-0.05, 0) is 40.2 Å². The van der Waals surface area contributed by atoms with Gasteiger partial charge in [-0.3, -0.25) is 0 Å². The zero-order valence-corrected chi connectivity index (χ0v) is 12.9. The highest BCUT2D eigenvalue weighted by Gasteiger charge is 2.27. The molecule has 0 fully saturated rings. The van der Waals surface area contributed by atoms with Crippen LogP contribution in [0.2, 0.25) is 0 Å². The minimum Gasteiger partial charge on any atom is -0.453 e. The first kappa shape index (κ1) is 15.0. The molecule has 1 aromatic heterocycles. The molecule has 0 amide bonds. The summed E-state index contributed by atoms with van der Waals surface area (Å²) in [4.78, 5) is -0.520. The molecule has 2 N–H and O–H groups in total. The Morgan fingerprint density at radius 2 is 2.05 bits per heavy atom. The van der Waals surface area contributed by atoms with Gasteiger partial charge in [0, 0.05) is 7.05 Å². The van der Waals surface area contributed by atoms with E-state index in [-0.39, 0.29) is 12.2 Å². The van der Waals surface area contributed by atoms with Crippen LogP contribution in [-0.2, 0) is 16.6 Å². The largest absolute Gasteiger partial charge is 0.453 e. The molecule has 8 heteroatoms. The van der Waals surface area contributed by atoms with Gasteiger partial charge in [-0.1, -0.05) is 6.07 Å². The second-order valence-electron chi connectivity index (χ2n) is 4.13. The number of nitrogens with zero attached hydrogens (tertiary/aromatic N) is 1. The van der Waals surface area contributed by atoms with E-state index in [0.29, 0.717) is 10.4 Å². The summed E-state index contributed by atoms with van der Waals surface area (Å²) in [6.07, 6.45) is 0. The fourth-order valence-electron chi connectivity index (χ4n) is 1.69. The van der Waals surface area contributed by atoms with Gasteiger partial charge in [0.2, 0.25) is 10.0 Å². The van der Waals surface area contributed by atoms with Crippen molar-refractivity contribution in [2.24, 2.45) is 0 Å². The first-order chi connectivity index (χ1) is 9.32. The van der Waals surface area contributed by atoms with Crippen LogP contribution >= 0.6 is 15.9 Å². The van der Waals surface area contributed by atoms with E-state index in [4.69, 9.17) is 10.2 Å². The van der Waals surface area contributed by atoms with Crippen molar-refractivity contribution in [2.75, 3.05) is 12.8 Å². The van der Waals surface area contributed by atoms with Gasteiger partial charge in [-0.15, -0.1) is 0 Å². The molecule has 5 nitrogen and oxygen atoms in total. The normalized spacial score (nSPS) is 12.0. The Morgan fingerprint density at radius 3 is 2.60 bits per heavy atom. The molecule has 0 aliphatic heterocycles. The molecule has 1 heterocycles. The minimum atomic E-state index is -4.03. The molecule has 108 valence electrons. The summed E-state index contributed by atoms with van der Waals surface area (Å²) in [6.45, 7) is -0.0261. The molecule has 0 radical (unpaired) electrons. The zero-order valence-electron chi connectivity index (χ0n) is 10.5. The monoisotopic (exact) mass is 362 g/mol. The number of furan rings is 1. The number of hydrogen-bond acceptors (Lipinski definition) is 4. The first-order valence-corrected chi connectivity index (χ1v) is 7.80. The fraction of sp³-hybridized carbons (Fsp3) is 0.167. The van der Waals surface area contributed by atoms with Crippen molar-refractivity contribution < 1.29 is 17.2 Å². The molecule has 2 rings (SSSR count). The maximum atomic E-state index is 13.7. The van der Waals surface area contributed by atoms with Gasteiger partial charge >= 0.3 is 0 Å². The van der Waals surface area contributed by atoms with Crippen LogP contribution in [-0.4, -0.2) is 19.8 Å². The highest BCUT2D eigenvalue weighted by Crippen LogP contribution is 2.26. The van der Waals surface area contributed by atoms with Gasteiger partial charge in [0.15, 0.2) is 4.67 Å². The molecular formula is C12H12BrFN2O3S. The van der Waals surface area contributed by atoms with Crippen LogP contribution in [0, 0.1) is 5.82 Å². The molecular weight excluding hydrogens is 351 g/mol. The smallest absolute Gasteiger partial charge is 0.248 e. The van der Waals surface area contributed by atoms with Gasteiger partial charge < -0.3 is 10.2 Å². The maximum absolute atomic E-state index is 13.7. The van der Waals surface area contributed by atoms with Gasteiger partial charge in [-0.25, -0.2) is 12.8 Å². The predicted molar refractivity (Wildman–Crippen MR) is 75.9 cm³/mol. The van der Waals surface area contributed by atoms with E-state index in [2.05, 4.69) is 15.9 Å². The zero-order chi connectivity index (χ0) is 14.9. The van der Waals surface area contributed by atoms with E-state index in [1.54, 1.807) is 12.1 Å². The number of benzene rings is 1. The van der Waals surface area contributed by atoms with Gasteiger partial charge in [-0.2, -0.15) is 4.31 Å². The molecule has 0 aliphatic rings. The van der Waals surface area contributed by atoms with Crippen LogP contribution in [0.4, 0.5) is 10.1 Å². The quantitative estimate of drug-likeness (QED) is 0.848. The van der Waals surface area contributed by atoms with Crippen molar-refractivity contribution >= 4 is 31.6 Å². The number of nitrogens with two attached hydrogens (primary N) is 1. The lowest BCUT2D eigenvalue weighted by Crippen LogP contribution is -2.27. The van der Waals surface area contributed by atoms with Crippen LogP contribution in [0.25, 0.3) is 0 Å². The number of anilines is 1. The standard InChI is InChI=1S/C12H12BrFN2O3S/c1-16(7-8-5-6-11(13)19-8)20(17,18)12-9(14)3-2-4-10(12)15/h2-6H,7,15H2,1H3. The summed E-state index contributed by atoms with van der Waals surface area (Å²) in [5.74, 6) is -0.449. The topological polar surface area (TPSA) is 76.5 Å². The van der Waals surface area contributed by atoms with Crippen molar-refractivity contribution in [1.29, 1.82) is 0 Å². The van der Waals surface area contributed by atoms with Gasteiger partial charge in [0.25, 0.3) is 0 Å². The van der Waals surface area contributed by atoms with Crippen LogP contribution in [0.5, 0.6) is 0 Å². The van der Waals surface area contributed by atoms with Crippen molar-refractivity contribution in [3.05, 3.63) is 46.6 Å². The van der Waals surface area contributed by atoms with Crippen molar-refractivity contribution in [1.82, 2.24) is 4.31 Å². The molecule has 0 bridgehead atoms. The number of halogens is 2. The van der Waals surface area contributed by atoms with Crippen molar-refractivity contribution in [2.45, 2.75) is 11.4 Å². The van der Waals surface area contributed by atoms with Crippen LogP contribution in [0.1, 0.15) is 5.76 Å². The fourth-order valence-corrected chi connectivity index (χ4v) is 3.32. The molecule has 0 unspecified atom stereocenters. The van der Waals surface area contributed by atoms with E-state index < -0.39 is 20.7 Å². The Balaban J connectivity index is 2.35. The lowest BCUT2D eigenvalue weighted by atomic mass is 10.3. The third-order valence-electron chi connectivity index (χ3n) is 2.67. The number of sulfonamides is 1. The molecule has 0 saturated heterocycles. The van der Waals surface area contributed by atoms with Crippen LogP contribution in [0.15, 0.2) is 44.3 Å². The van der Waals surface area contributed by atoms with E-state index in [9.17, 15) is 12.8 Å². The first-order valence-electron chi connectivity index (χ1n) is 5.57. The summed E-state index contributed by atoms with van der Waals surface area (Å²) < 4.78 is 45.1. The number of nitrogen functional groups attached to an aromatic ring is 1. The average molecular weight is 363 g/mol. The summed E-state index contributed by atoms with van der Waals surface area (Å²) in [7, 11) is -2.70. The summed E-state index contributed by atoms with van der Waals surface area (Å²) in [5, 5.41) is 0. The molecule has 20 heavy (non-hydrogen) atoms. The van der Waals surface area contributed by atoms with Crippen molar-refractivity contribution in [3.63, 3.8) is 0 Å². The van der Waals surface area contributed by atoms with E-state index >= 15 is 0 Å². The number of hydrogen-bond donors (Lipinski definition) is 1. The SMILES string of the molecule is CN(Cc1ccc(Br)o1)S(=O)(=O)c1c(N)cccc1F. The Kier molecular flexibility index (Phi) is 4.17. The van der Waals surface area contributed by atoms with E-state index in [0.717, 1.165) is 10.4 Å². The lowest BCUT2D eigenvalue weighted by Gasteiger charge is -2.17. The Hall–Kier alpha value is -1.38. The molecule has 0 aliphatic carbocycles. The molecule has 0 atom stereocenters. The summed E-state index contributed by atoms with van der Waals surface area (Å²) >= 11 is 3.13. The molecule has 1 aromatic carbocycles. The Bertz CT molecular complexity index is 710.